The molecule has 1 aromatic rings. The third-order valence-corrected chi connectivity index (χ3v) is 2.66. The molecule has 5 nitrogen and oxygen atoms in total. The van der Waals surface area contributed by atoms with E-state index in [-0.39, 0.29) is 18.6 Å². The van der Waals surface area contributed by atoms with Gasteiger partial charge in [-0.25, -0.2) is 9.80 Å². The van der Waals surface area contributed by atoms with Crippen LogP contribution in [0.15, 0.2) is 43.0 Å². The molecule has 1 aliphatic heterocycles. The molecule has 0 aliphatic carbocycles. The fourth-order valence-electron chi connectivity index (χ4n) is 1.73. The Morgan fingerprint density at radius 1 is 1.50 bits per heavy atom. The monoisotopic (exact) mass is 246 g/mol. The highest BCUT2D eigenvalue weighted by atomic mass is 16.6. The second kappa shape index (κ2) is 5.35. The molecule has 1 aromatic carbocycles. The Kier molecular flexibility index (Phi) is 3.62. The minimum absolute atomic E-state index is 0.192. The van der Waals surface area contributed by atoms with Crippen molar-refractivity contribution < 1.29 is 14.3 Å². The highest BCUT2D eigenvalue weighted by Crippen LogP contribution is 2.13. The second-order valence-corrected chi connectivity index (χ2v) is 3.93. The van der Waals surface area contributed by atoms with E-state index in [1.54, 1.807) is 30.3 Å². The Morgan fingerprint density at radius 2 is 2.22 bits per heavy atom. The zero-order valence-corrected chi connectivity index (χ0v) is 9.83. The van der Waals surface area contributed by atoms with E-state index in [9.17, 15) is 9.59 Å². The lowest BCUT2D eigenvalue weighted by Crippen LogP contribution is -2.47. The molecule has 2 rings (SSSR count). The molecule has 1 atom stereocenters. The van der Waals surface area contributed by atoms with E-state index >= 15 is 0 Å². The lowest BCUT2D eigenvalue weighted by atomic mass is 10.2. The van der Waals surface area contributed by atoms with E-state index in [0.717, 1.165) is 0 Å². The van der Waals surface area contributed by atoms with Crippen LogP contribution in [0.25, 0.3) is 0 Å². The van der Waals surface area contributed by atoms with Crippen LogP contribution in [0.4, 0.5) is 4.79 Å². The summed E-state index contributed by atoms with van der Waals surface area (Å²) in [4.78, 5) is 23.4. The van der Waals surface area contributed by atoms with Crippen molar-refractivity contribution in [1.29, 1.82) is 0 Å². The van der Waals surface area contributed by atoms with Gasteiger partial charge in [0.05, 0.1) is 6.04 Å². The van der Waals surface area contributed by atoms with Gasteiger partial charge in [0, 0.05) is 5.56 Å². The van der Waals surface area contributed by atoms with E-state index in [1.807, 2.05) is 6.07 Å². The Balaban J connectivity index is 2.05. The fraction of sp³-hybridized carbons (Fsp3) is 0.231. The van der Waals surface area contributed by atoms with Gasteiger partial charge in [0.15, 0.2) is 0 Å². The number of hydrogen-bond donors (Lipinski definition) is 1. The summed E-state index contributed by atoms with van der Waals surface area (Å²) in [7, 11) is 0. The van der Waals surface area contributed by atoms with Crippen LogP contribution in [0.1, 0.15) is 16.8 Å². The highest BCUT2D eigenvalue weighted by molar-refractivity contribution is 5.95. The summed E-state index contributed by atoms with van der Waals surface area (Å²) < 4.78 is 4.89. The summed E-state index contributed by atoms with van der Waals surface area (Å²) in [5.74, 6) is -0.330. The summed E-state index contributed by atoms with van der Waals surface area (Å²) in [6.45, 7) is 3.88. The first-order valence-electron chi connectivity index (χ1n) is 5.65. The predicted octanol–water partition coefficient (Wildman–Crippen LogP) is 1.73. The number of carbonyl (C=O) groups is 2. The van der Waals surface area contributed by atoms with Crippen LogP contribution in [-0.2, 0) is 4.74 Å². The summed E-state index contributed by atoms with van der Waals surface area (Å²) in [6.07, 6.45) is 1.72. The molecule has 0 bridgehead atoms. The van der Waals surface area contributed by atoms with Crippen molar-refractivity contribution in [2.45, 2.75) is 12.5 Å². The maximum atomic E-state index is 11.9. The van der Waals surface area contributed by atoms with Crippen LogP contribution < -0.4 is 5.43 Å². The fourth-order valence-corrected chi connectivity index (χ4v) is 1.73. The maximum absolute atomic E-state index is 11.9. The Bertz CT molecular complexity index is 459. The molecule has 1 saturated heterocycles. The number of nitrogens with zero attached hydrogens (tertiary/aromatic N) is 1. The number of ether oxygens (including phenoxy) is 1. The van der Waals surface area contributed by atoms with Gasteiger partial charge in [-0.15, -0.1) is 6.58 Å². The molecule has 1 heterocycles. The number of benzene rings is 1. The summed E-state index contributed by atoms with van der Waals surface area (Å²) in [5.41, 5.74) is 3.05. The smallest absolute Gasteiger partial charge is 0.429 e. The molecular weight excluding hydrogens is 232 g/mol. The molecule has 0 aromatic heterocycles. The minimum Gasteiger partial charge on any atom is -0.446 e. The van der Waals surface area contributed by atoms with Crippen LogP contribution in [0.2, 0.25) is 0 Å². The van der Waals surface area contributed by atoms with Crippen molar-refractivity contribution in [1.82, 2.24) is 10.4 Å². The summed E-state index contributed by atoms with van der Waals surface area (Å²) in [5, 5.41) is 1.22. The number of hydrazine groups is 1. The predicted molar refractivity (Wildman–Crippen MR) is 65.7 cm³/mol. The van der Waals surface area contributed by atoms with Crippen molar-refractivity contribution in [2.75, 3.05) is 6.61 Å². The molecule has 5 heteroatoms. The van der Waals surface area contributed by atoms with Gasteiger partial charge in [-0.3, -0.25) is 10.2 Å². The largest absolute Gasteiger partial charge is 0.446 e. The maximum Gasteiger partial charge on any atom is 0.429 e. The van der Waals surface area contributed by atoms with Crippen LogP contribution in [0, 0.1) is 0 Å². The van der Waals surface area contributed by atoms with Gasteiger partial charge >= 0.3 is 6.09 Å². The van der Waals surface area contributed by atoms with Crippen molar-refractivity contribution >= 4 is 12.0 Å². The Morgan fingerprint density at radius 3 is 2.89 bits per heavy atom. The molecule has 2 amide bonds. The standard InChI is InChI=1S/C13H14N2O3/c1-2-6-11-9-18-13(17)15(11)14-12(16)10-7-4-3-5-8-10/h2-5,7-8,11H,1,6,9H2,(H,14,16)/t11-/m0/s1. The first kappa shape index (κ1) is 12.2. The topological polar surface area (TPSA) is 58.6 Å². The van der Waals surface area contributed by atoms with Crippen LogP contribution >= 0.6 is 0 Å². The third kappa shape index (κ3) is 2.51. The van der Waals surface area contributed by atoms with Gasteiger partial charge in [-0.1, -0.05) is 24.3 Å². The molecular formula is C13H14N2O3. The van der Waals surface area contributed by atoms with Gasteiger partial charge in [-0.2, -0.15) is 0 Å². The number of amides is 2. The zero-order valence-electron chi connectivity index (χ0n) is 9.83. The Hall–Kier alpha value is -2.30. The molecule has 1 fully saturated rings. The van der Waals surface area contributed by atoms with Crippen LogP contribution in [0.3, 0.4) is 0 Å². The van der Waals surface area contributed by atoms with E-state index in [4.69, 9.17) is 4.74 Å². The number of hydrogen-bond acceptors (Lipinski definition) is 3. The lowest BCUT2D eigenvalue weighted by molar-refractivity contribution is 0.0798. The third-order valence-electron chi connectivity index (χ3n) is 2.66. The average molecular weight is 246 g/mol. The summed E-state index contributed by atoms with van der Waals surface area (Å²) in [6, 6.07) is 8.51. The molecule has 18 heavy (non-hydrogen) atoms. The molecule has 1 N–H and O–H groups in total. The Labute approximate surface area is 105 Å². The van der Waals surface area contributed by atoms with E-state index in [1.165, 1.54) is 5.01 Å². The van der Waals surface area contributed by atoms with Crippen molar-refractivity contribution in [2.24, 2.45) is 0 Å². The van der Waals surface area contributed by atoms with Crippen molar-refractivity contribution in [3.05, 3.63) is 48.6 Å². The van der Waals surface area contributed by atoms with E-state index < -0.39 is 6.09 Å². The minimum atomic E-state index is -0.536. The molecule has 0 spiro atoms. The number of nitrogens with one attached hydrogen (secondary N) is 1. The van der Waals surface area contributed by atoms with Crippen LogP contribution in [-0.4, -0.2) is 29.7 Å². The summed E-state index contributed by atoms with van der Waals surface area (Å²) >= 11 is 0. The number of rotatable bonds is 4. The first-order valence-corrected chi connectivity index (χ1v) is 5.65. The number of cyclic esters (lactones) is 1. The first-order chi connectivity index (χ1) is 8.72. The van der Waals surface area contributed by atoms with Crippen molar-refractivity contribution in [3.63, 3.8) is 0 Å². The second-order valence-electron chi connectivity index (χ2n) is 3.93. The van der Waals surface area contributed by atoms with Gasteiger partial charge in [-0.05, 0) is 18.6 Å². The van der Waals surface area contributed by atoms with Crippen LogP contribution in [0.5, 0.6) is 0 Å². The normalized spacial score (nSPS) is 18.3. The van der Waals surface area contributed by atoms with Gasteiger partial charge in [0.2, 0.25) is 0 Å². The van der Waals surface area contributed by atoms with Crippen molar-refractivity contribution in [3.8, 4) is 0 Å². The van der Waals surface area contributed by atoms with E-state index in [0.29, 0.717) is 12.0 Å². The quantitative estimate of drug-likeness (QED) is 0.823. The van der Waals surface area contributed by atoms with Gasteiger partial charge in [0.25, 0.3) is 5.91 Å². The lowest BCUT2D eigenvalue weighted by Gasteiger charge is -2.20. The molecule has 0 unspecified atom stereocenters. The highest BCUT2D eigenvalue weighted by Gasteiger charge is 2.33. The molecule has 94 valence electrons. The molecule has 0 radical (unpaired) electrons. The van der Waals surface area contributed by atoms with Gasteiger partial charge < -0.3 is 4.74 Å². The van der Waals surface area contributed by atoms with Gasteiger partial charge in [0.1, 0.15) is 6.61 Å². The number of carbonyl (C=O) groups excluding carboxylic acids is 2. The van der Waals surface area contributed by atoms with E-state index in [2.05, 4.69) is 12.0 Å². The molecule has 1 aliphatic rings. The molecule has 0 saturated carbocycles. The SMILES string of the molecule is C=CC[C@H]1COC(=O)N1NC(=O)c1ccccc1. The zero-order chi connectivity index (χ0) is 13.0. The average Bonchev–Trinajstić information content (AvgIpc) is 2.73.